The third kappa shape index (κ3) is 9.57. The minimum atomic E-state index is -1.24. The molecule has 0 heterocycles. The van der Waals surface area contributed by atoms with Crippen LogP contribution >= 0.6 is 45.8 Å². The fourth-order valence-electron chi connectivity index (χ4n) is 4.83. The van der Waals surface area contributed by atoms with Gasteiger partial charge in [-0.2, -0.15) is 0 Å². The van der Waals surface area contributed by atoms with Crippen molar-refractivity contribution in [3.63, 3.8) is 0 Å². The molecular formula is C31H37Cl2IN2O7. The van der Waals surface area contributed by atoms with Crippen LogP contribution in [-0.2, 0) is 22.7 Å². The summed E-state index contributed by atoms with van der Waals surface area (Å²) in [4.78, 5) is 28.4. The minimum Gasteiger partial charge on any atom is -0.493 e. The number of halogens is 3. The van der Waals surface area contributed by atoms with Crippen molar-refractivity contribution in [2.75, 3.05) is 20.3 Å². The van der Waals surface area contributed by atoms with Gasteiger partial charge in [0.05, 0.1) is 29.9 Å². The number of aliphatic hydroxyl groups is 3. The average molecular weight is 747 g/mol. The van der Waals surface area contributed by atoms with E-state index in [9.17, 15) is 24.9 Å². The number of nitrogens with zero attached hydrogens (tertiary/aromatic N) is 1. The van der Waals surface area contributed by atoms with Gasteiger partial charge in [0.25, 0.3) is 0 Å². The summed E-state index contributed by atoms with van der Waals surface area (Å²) in [6, 6.07) is 7.49. The lowest BCUT2D eigenvalue weighted by Crippen LogP contribution is -2.54. The quantitative estimate of drug-likeness (QED) is 0.117. The van der Waals surface area contributed by atoms with Crippen LogP contribution in [0.1, 0.15) is 43.2 Å². The van der Waals surface area contributed by atoms with Gasteiger partial charge in [-0.05, 0) is 83.3 Å². The van der Waals surface area contributed by atoms with Gasteiger partial charge in [0.2, 0.25) is 11.8 Å². The first-order chi connectivity index (χ1) is 20.6. The number of carbonyl (C=O) groups is 2. The summed E-state index contributed by atoms with van der Waals surface area (Å²) >= 11 is 14.7. The standard InChI is InChI=1S/C31H37Cl2IN2O7/c1-3-4-5-6-7-28(39)36(17-20-8-9-22(32)16-23(20)33)25-14-21(31(41)35-10-11-37)15-26(29(25)40)43-30-24(34)12-19(18-38)13-27(30)42-2/h3,8-9,12-13,15-16,25-26,29,37-38,40H,1,4-7,10-11,14,17-18H2,2H3,(H,35,41). The van der Waals surface area contributed by atoms with Gasteiger partial charge < -0.3 is 35.0 Å². The minimum absolute atomic E-state index is 0.0373. The van der Waals surface area contributed by atoms with Gasteiger partial charge in [0.15, 0.2) is 11.5 Å². The first-order valence-electron chi connectivity index (χ1n) is 13.9. The van der Waals surface area contributed by atoms with Crippen molar-refractivity contribution >= 4 is 57.6 Å². The summed E-state index contributed by atoms with van der Waals surface area (Å²) < 4.78 is 12.4. The molecule has 0 radical (unpaired) electrons. The lowest BCUT2D eigenvalue weighted by molar-refractivity contribution is -0.139. The monoisotopic (exact) mass is 746 g/mol. The number of rotatable bonds is 15. The topological polar surface area (TPSA) is 129 Å². The molecule has 0 spiro atoms. The molecule has 2 aromatic rings. The number of hydrogen-bond donors (Lipinski definition) is 4. The van der Waals surface area contributed by atoms with Crippen LogP contribution in [0.25, 0.3) is 0 Å². The molecule has 0 aliphatic heterocycles. The van der Waals surface area contributed by atoms with Crippen LogP contribution in [0.4, 0.5) is 0 Å². The van der Waals surface area contributed by atoms with Crippen LogP contribution < -0.4 is 14.8 Å². The Morgan fingerprint density at radius 2 is 1.98 bits per heavy atom. The Hall–Kier alpha value is -2.35. The molecule has 0 bridgehead atoms. The smallest absolute Gasteiger partial charge is 0.247 e. The Kier molecular flexibility index (Phi) is 14.1. The summed E-state index contributed by atoms with van der Waals surface area (Å²) in [7, 11) is 1.46. The number of methoxy groups -OCH3 is 1. The average Bonchev–Trinajstić information content (AvgIpc) is 2.99. The van der Waals surface area contributed by atoms with E-state index in [0.29, 0.717) is 48.2 Å². The maximum Gasteiger partial charge on any atom is 0.247 e. The number of hydrogen-bond acceptors (Lipinski definition) is 7. The molecule has 3 rings (SSSR count). The highest BCUT2D eigenvalue weighted by Crippen LogP contribution is 2.37. The number of nitrogens with one attached hydrogen (secondary N) is 1. The molecule has 3 unspecified atom stereocenters. The van der Waals surface area contributed by atoms with Crippen LogP contribution in [0.15, 0.2) is 54.6 Å². The summed E-state index contributed by atoms with van der Waals surface area (Å²) in [5.41, 5.74) is 1.54. The van der Waals surface area contributed by atoms with Crippen molar-refractivity contribution in [2.24, 2.45) is 0 Å². The van der Waals surface area contributed by atoms with Crippen LogP contribution in [0.5, 0.6) is 11.5 Å². The zero-order valence-corrected chi connectivity index (χ0v) is 27.6. The van der Waals surface area contributed by atoms with Gasteiger partial charge in [-0.15, -0.1) is 6.58 Å². The second-order valence-electron chi connectivity index (χ2n) is 10.1. The molecule has 3 atom stereocenters. The molecule has 1 aliphatic carbocycles. The highest BCUT2D eigenvalue weighted by atomic mass is 127. The number of amides is 2. The molecule has 0 saturated heterocycles. The van der Waals surface area contributed by atoms with Crippen LogP contribution in [0.2, 0.25) is 10.0 Å². The molecule has 0 fully saturated rings. The zero-order valence-electron chi connectivity index (χ0n) is 23.9. The van der Waals surface area contributed by atoms with E-state index in [1.807, 2.05) is 22.6 Å². The van der Waals surface area contributed by atoms with E-state index < -0.39 is 24.2 Å². The number of carbonyl (C=O) groups excluding carboxylic acids is 2. The number of aliphatic hydroxyl groups excluding tert-OH is 3. The van der Waals surface area contributed by atoms with E-state index in [1.165, 1.54) is 13.2 Å². The predicted molar refractivity (Wildman–Crippen MR) is 174 cm³/mol. The van der Waals surface area contributed by atoms with Crippen molar-refractivity contribution in [1.82, 2.24) is 10.2 Å². The van der Waals surface area contributed by atoms with Crippen molar-refractivity contribution in [3.05, 3.63) is 79.4 Å². The van der Waals surface area contributed by atoms with Crippen LogP contribution in [0, 0.1) is 3.57 Å². The van der Waals surface area contributed by atoms with Gasteiger partial charge in [0.1, 0.15) is 12.2 Å². The number of benzene rings is 2. The zero-order chi connectivity index (χ0) is 31.5. The first kappa shape index (κ1) is 35.1. The molecule has 43 heavy (non-hydrogen) atoms. The lowest BCUT2D eigenvalue weighted by Gasteiger charge is -2.41. The normalized spacial score (nSPS) is 18.0. The fourth-order valence-corrected chi connectivity index (χ4v) is 6.09. The fraction of sp³-hybridized carbons (Fsp3) is 0.419. The summed E-state index contributed by atoms with van der Waals surface area (Å²) in [6.45, 7) is 3.40. The predicted octanol–water partition coefficient (Wildman–Crippen LogP) is 4.79. The highest BCUT2D eigenvalue weighted by molar-refractivity contribution is 14.1. The number of unbranched alkanes of at least 4 members (excludes halogenated alkanes) is 2. The highest BCUT2D eigenvalue weighted by Gasteiger charge is 2.41. The Morgan fingerprint density at radius 1 is 1.21 bits per heavy atom. The Labute approximate surface area is 275 Å². The number of allylic oxidation sites excluding steroid dienone is 1. The Balaban J connectivity index is 2.04. The molecule has 9 nitrogen and oxygen atoms in total. The molecule has 1 aliphatic rings. The van der Waals surface area contributed by atoms with Gasteiger partial charge >= 0.3 is 0 Å². The van der Waals surface area contributed by atoms with Crippen molar-refractivity contribution < 1.29 is 34.4 Å². The van der Waals surface area contributed by atoms with E-state index in [1.54, 1.807) is 41.3 Å². The molecule has 0 saturated carbocycles. The second-order valence-corrected chi connectivity index (χ2v) is 12.1. The SMILES string of the molecule is C=CCCCCC(=O)N(Cc1ccc(Cl)cc1Cl)C1CC(C(=O)NCCO)=CC(Oc2c(I)cc(CO)cc2OC)C1O. The molecule has 12 heteroatoms. The summed E-state index contributed by atoms with van der Waals surface area (Å²) in [5.74, 6) is 0.00145. The van der Waals surface area contributed by atoms with E-state index >= 15 is 0 Å². The first-order valence-corrected chi connectivity index (χ1v) is 15.7. The van der Waals surface area contributed by atoms with Gasteiger partial charge in [-0.3, -0.25) is 9.59 Å². The van der Waals surface area contributed by atoms with E-state index in [-0.39, 0.29) is 45.1 Å². The van der Waals surface area contributed by atoms with Gasteiger partial charge in [-0.25, -0.2) is 0 Å². The van der Waals surface area contributed by atoms with Crippen molar-refractivity contribution in [3.8, 4) is 11.5 Å². The Morgan fingerprint density at radius 3 is 2.63 bits per heavy atom. The van der Waals surface area contributed by atoms with Gasteiger partial charge in [-0.1, -0.05) is 35.3 Å². The summed E-state index contributed by atoms with van der Waals surface area (Å²) in [5, 5.41) is 34.1. The maximum absolute atomic E-state index is 13.8. The molecule has 2 amide bonds. The van der Waals surface area contributed by atoms with E-state index in [0.717, 1.165) is 12.8 Å². The molecule has 2 aromatic carbocycles. The largest absolute Gasteiger partial charge is 0.493 e. The molecule has 4 N–H and O–H groups in total. The lowest BCUT2D eigenvalue weighted by atomic mass is 9.87. The number of ether oxygens (including phenoxy) is 2. The molecule has 0 aromatic heterocycles. The second kappa shape index (κ2) is 17.2. The van der Waals surface area contributed by atoms with Crippen LogP contribution in [-0.4, -0.2) is 70.5 Å². The van der Waals surface area contributed by atoms with Crippen molar-refractivity contribution in [1.29, 1.82) is 0 Å². The van der Waals surface area contributed by atoms with E-state index in [2.05, 4.69) is 11.9 Å². The third-order valence-electron chi connectivity index (χ3n) is 7.07. The molecular weight excluding hydrogens is 710 g/mol. The van der Waals surface area contributed by atoms with E-state index in [4.69, 9.17) is 32.7 Å². The molecule has 234 valence electrons. The summed E-state index contributed by atoms with van der Waals surface area (Å²) in [6.07, 6.45) is 3.47. The Bertz CT molecular complexity index is 1320. The maximum atomic E-state index is 13.8. The van der Waals surface area contributed by atoms with Crippen molar-refractivity contribution in [2.45, 2.75) is 63.5 Å². The van der Waals surface area contributed by atoms with Crippen LogP contribution in [0.3, 0.4) is 0 Å². The van der Waals surface area contributed by atoms with Gasteiger partial charge in [0, 0.05) is 41.5 Å². The third-order valence-corrected chi connectivity index (χ3v) is 8.45.